The first-order valence-corrected chi connectivity index (χ1v) is 13.3. The monoisotopic (exact) mass is 533 g/mol. The smallest absolute Gasteiger partial charge is 0.236 e. The number of alkyl halides is 1. The predicted octanol–water partition coefficient (Wildman–Crippen LogP) is 4.94. The van der Waals surface area contributed by atoms with Gasteiger partial charge in [-0.25, -0.2) is 23.2 Å². The number of benzene rings is 2. The van der Waals surface area contributed by atoms with Crippen LogP contribution in [0.5, 0.6) is 11.5 Å². The molecule has 9 nitrogen and oxygen atoms in total. The molecular formula is C23H21Cl2N5O4S. The number of rotatable bonds is 9. The minimum Gasteiger partial charge on any atom is -0.502 e. The Morgan fingerprint density at radius 1 is 1.23 bits per heavy atom. The highest BCUT2D eigenvalue weighted by Crippen LogP contribution is 2.43. The lowest BCUT2D eigenvalue weighted by Gasteiger charge is -2.22. The zero-order valence-electron chi connectivity index (χ0n) is 18.7. The van der Waals surface area contributed by atoms with E-state index in [0.717, 1.165) is 36.2 Å². The van der Waals surface area contributed by atoms with Crippen molar-refractivity contribution in [3.8, 4) is 11.5 Å². The molecule has 0 bridgehead atoms. The molecule has 0 saturated heterocycles. The SMILES string of the molecule is [C-]#[N+]c1cc(N2CCc3cc(OCc4ccnc(NS(C)(=O)=O)n4)ccc32)cc(Cl)c1OCCCl. The van der Waals surface area contributed by atoms with Crippen LogP contribution < -0.4 is 19.1 Å². The van der Waals surface area contributed by atoms with Gasteiger partial charge in [-0.1, -0.05) is 11.6 Å². The fourth-order valence-electron chi connectivity index (χ4n) is 3.67. The second kappa shape index (κ2) is 10.6. The lowest BCUT2D eigenvalue weighted by molar-refractivity contribution is 0.301. The number of nitrogens with one attached hydrogen (secondary N) is 1. The van der Waals surface area contributed by atoms with Crippen molar-refractivity contribution in [2.45, 2.75) is 13.0 Å². The third-order valence-electron chi connectivity index (χ3n) is 5.09. The molecule has 4 rings (SSSR count). The van der Waals surface area contributed by atoms with E-state index in [1.54, 1.807) is 18.2 Å². The van der Waals surface area contributed by atoms with Gasteiger partial charge in [0.1, 0.15) is 18.1 Å². The number of halogens is 2. The molecule has 1 N–H and O–H groups in total. The Kier molecular flexibility index (Phi) is 7.50. The normalized spacial score (nSPS) is 12.7. The van der Waals surface area contributed by atoms with E-state index in [9.17, 15) is 8.42 Å². The van der Waals surface area contributed by atoms with Gasteiger partial charge in [-0.3, -0.25) is 4.72 Å². The molecule has 0 aliphatic carbocycles. The molecule has 35 heavy (non-hydrogen) atoms. The minimum atomic E-state index is -3.47. The van der Waals surface area contributed by atoms with Gasteiger partial charge in [-0.2, -0.15) is 0 Å². The summed E-state index contributed by atoms with van der Waals surface area (Å²) in [5.41, 5.74) is 3.76. The van der Waals surface area contributed by atoms with E-state index in [-0.39, 0.29) is 19.2 Å². The summed E-state index contributed by atoms with van der Waals surface area (Å²) in [7, 11) is -3.47. The van der Waals surface area contributed by atoms with Crippen molar-refractivity contribution < 1.29 is 17.9 Å². The summed E-state index contributed by atoms with van der Waals surface area (Å²) < 4.78 is 36.4. The quantitative estimate of drug-likeness (QED) is 0.307. The van der Waals surface area contributed by atoms with Crippen LogP contribution in [-0.4, -0.2) is 43.7 Å². The number of nitrogens with zero attached hydrogens (tertiary/aromatic N) is 4. The van der Waals surface area contributed by atoms with Crippen LogP contribution in [0.25, 0.3) is 4.85 Å². The van der Waals surface area contributed by atoms with Gasteiger partial charge in [0.15, 0.2) is 0 Å². The molecule has 1 aliphatic heterocycles. The van der Waals surface area contributed by atoms with Crippen molar-refractivity contribution in [3.63, 3.8) is 0 Å². The molecule has 12 heteroatoms. The van der Waals surface area contributed by atoms with E-state index < -0.39 is 10.0 Å². The van der Waals surface area contributed by atoms with Gasteiger partial charge in [-0.15, -0.1) is 11.6 Å². The molecule has 0 fully saturated rings. The molecule has 182 valence electrons. The highest BCUT2D eigenvalue weighted by molar-refractivity contribution is 7.91. The van der Waals surface area contributed by atoms with Crippen molar-refractivity contribution >= 4 is 56.2 Å². The van der Waals surface area contributed by atoms with E-state index in [2.05, 4.69) is 24.4 Å². The van der Waals surface area contributed by atoms with Crippen molar-refractivity contribution in [2.24, 2.45) is 0 Å². The predicted molar refractivity (Wildman–Crippen MR) is 136 cm³/mol. The first-order chi connectivity index (χ1) is 16.8. The Bertz CT molecular complexity index is 1400. The lowest BCUT2D eigenvalue weighted by Crippen LogP contribution is -2.13. The summed E-state index contributed by atoms with van der Waals surface area (Å²) in [6.45, 7) is 8.65. The van der Waals surface area contributed by atoms with Gasteiger partial charge < -0.3 is 14.4 Å². The third kappa shape index (κ3) is 6.06. The third-order valence-corrected chi connectivity index (χ3v) is 6.08. The molecule has 2 heterocycles. The molecule has 0 saturated carbocycles. The Morgan fingerprint density at radius 2 is 2.06 bits per heavy atom. The molecule has 0 radical (unpaired) electrons. The molecule has 1 aromatic heterocycles. The molecule has 1 aliphatic rings. The van der Waals surface area contributed by atoms with Crippen molar-refractivity contribution in [1.29, 1.82) is 0 Å². The van der Waals surface area contributed by atoms with E-state index in [0.29, 0.717) is 33.8 Å². The lowest BCUT2D eigenvalue weighted by atomic mass is 10.1. The molecule has 0 amide bonds. The average molecular weight is 534 g/mol. The van der Waals surface area contributed by atoms with E-state index in [4.69, 9.17) is 39.2 Å². The van der Waals surface area contributed by atoms with Crippen LogP contribution in [0.1, 0.15) is 11.3 Å². The van der Waals surface area contributed by atoms with E-state index in [1.165, 1.54) is 6.20 Å². The number of aromatic nitrogens is 2. The maximum atomic E-state index is 11.4. The molecular weight excluding hydrogens is 513 g/mol. The van der Waals surface area contributed by atoms with E-state index in [1.807, 2.05) is 18.2 Å². The first kappa shape index (κ1) is 24.9. The number of ether oxygens (including phenoxy) is 2. The average Bonchev–Trinajstić information content (AvgIpc) is 3.24. The molecule has 0 atom stereocenters. The van der Waals surface area contributed by atoms with Crippen LogP contribution in [-0.2, 0) is 23.1 Å². The first-order valence-electron chi connectivity index (χ1n) is 10.5. The van der Waals surface area contributed by atoms with Crippen molar-refractivity contribution in [1.82, 2.24) is 9.97 Å². The highest BCUT2D eigenvalue weighted by Gasteiger charge is 2.23. The maximum absolute atomic E-state index is 11.4. The van der Waals surface area contributed by atoms with Crippen LogP contribution in [0.4, 0.5) is 23.0 Å². The Hall–Kier alpha value is -3.26. The molecule has 2 aromatic carbocycles. The Balaban J connectivity index is 1.49. The van der Waals surface area contributed by atoms with Gasteiger partial charge in [0.05, 0.1) is 36.0 Å². The summed E-state index contributed by atoms with van der Waals surface area (Å²) in [5.74, 6) is 1.30. The van der Waals surface area contributed by atoms with Crippen LogP contribution in [0.3, 0.4) is 0 Å². The molecule has 0 spiro atoms. The molecule has 3 aromatic rings. The molecule has 0 unspecified atom stereocenters. The van der Waals surface area contributed by atoms with Crippen LogP contribution >= 0.6 is 23.2 Å². The summed E-state index contributed by atoms with van der Waals surface area (Å²) in [6, 6.07) is 11.0. The number of hydrogen-bond donors (Lipinski definition) is 1. The van der Waals surface area contributed by atoms with Gasteiger partial charge >= 0.3 is 0 Å². The Labute approximate surface area is 213 Å². The van der Waals surface area contributed by atoms with Crippen LogP contribution in [0.2, 0.25) is 5.02 Å². The standard InChI is InChI=1S/C23H21Cl2N5O4S/c1-26-20-13-17(12-19(25)22(20)33-10-7-24)30-9-6-15-11-18(3-4-21(15)30)34-14-16-5-8-27-23(28-16)29-35(2,31)32/h3-5,8,11-13H,6-7,9-10,14H2,2H3,(H,27,28,29). The number of anilines is 3. The fraction of sp³-hybridized carbons (Fsp3) is 0.261. The number of fused-ring (bicyclic) bond motifs is 1. The number of sulfonamides is 1. The largest absolute Gasteiger partial charge is 0.502 e. The Morgan fingerprint density at radius 3 is 2.80 bits per heavy atom. The maximum Gasteiger partial charge on any atom is 0.236 e. The summed E-state index contributed by atoms with van der Waals surface area (Å²) in [4.78, 5) is 13.7. The zero-order valence-corrected chi connectivity index (χ0v) is 21.0. The van der Waals surface area contributed by atoms with E-state index >= 15 is 0 Å². The van der Waals surface area contributed by atoms with Crippen molar-refractivity contribution in [3.05, 3.63) is 70.3 Å². The van der Waals surface area contributed by atoms with Gasteiger partial charge in [0, 0.05) is 24.1 Å². The van der Waals surface area contributed by atoms with Gasteiger partial charge in [0.25, 0.3) is 0 Å². The minimum absolute atomic E-state index is 0.00489. The van der Waals surface area contributed by atoms with Crippen molar-refractivity contribution in [2.75, 3.05) is 34.9 Å². The van der Waals surface area contributed by atoms with Crippen LogP contribution in [0.15, 0.2) is 42.6 Å². The van der Waals surface area contributed by atoms with Crippen LogP contribution in [0, 0.1) is 6.57 Å². The summed E-state index contributed by atoms with van der Waals surface area (Å²) >= 11 is 12.1. The van der Waals surface area contributed by atoms with Gasteiger partial charge in [0.2, 0.25) is 21.7 Å². The topological polar surface area (TPSA) is 98.0 Å². The second-order valence-electron chi connectivity index (χ2n) is 7.65. The van der Waals surface area contributed by atoms with Gasteiger partial charge in [-0.05, 0) is 48.4 Å². The fourth-order valence-corrected chi connectivity index (χ4v) is 4.44. The second-order valence-corrected chi connectivity index (χ2v) is 10.2. The summed E-state index contributed by atoms with van der Waals surface area (Å²) in [5, 5.41) is 0.363. The number of hydrogen-bond acceptors (Lipinski definition) is 7. The highest BCUT2D eigenvalue weighted by atomic mass is 35.5. The summed E-state index contributed by atoms with van der Waals surface area (Å²) in [6.07, 6.45) is 3.29. The zero-order chi connectivity index (χ0) is 25.0.